The summed E-state index contributed by atoms with van der Waals surface area (Å²) in [7, 11) is 1.67. The van der Waals surface area contributed by atoms with E-state index in [1.54, 1.807) is 7.11 Å². The minimum atomic E-state index is -0.0427. The Morgan fingerprint density at radius 2 is 2.06 bits per heavy atom. The van der Waals surface area contributed by atoms with Crippen LogP contribution in [-0.2, 0) is 9.47 Å². The number of benzene rings is 1. The van der Waals surface area contributed by atoms with Gasteiger partial charge in [-0.1, -0.05) is 45.7 Å². The first-order valence-corrected chi connectivity index (χ1v) is 6.63. The third-order valence-corrected chi connectivity index (χ3v) is 3.12. The quantitative estimate of drug-likeness (QED) is 0.744. The van der Waals surface area contributed by atoms with Crippen LogP contribution in [0.15, 0.2) is 24.3 Å². The average molecular weight is 308 g/mol. The highest BCUT2D eigenvalue weighted by Gasteiger charge is 2.16. The van der Waals surface area contributed by atoms with E-state index in [1.165, 1.54) is 0 Å². The first kappa shape index (κ1) is 14.0. The molecule has 16 heavy (non-hydrogen) atoms. The van der Waals surface area contributed by atoms with E-state index < -0.39 is 0 Å². The van der Waals surface area contributed by atoms with Gasteiger partial charge in [-0.3, -0.25) is 0 Å². The Kier molecular flexibility index (Phi) is 6.36. The van der Waals surface area contributed by atoms with Crippen molar-refractivity contribution in [3.63, 3.8) is 0 Å². The number of hydrogen-bond donors (Lipinski definition) is 0. The van der Waals surface area contributed by atoms with Crippen molar-refractivity contribution in [1.29, 1.82) is 0 Å². The Bertz CT molecular complexity index is 320. The summed E-state index contributed by atoms with van der Waals surface area (Å²) in [5.41, 5.74) is 1.00. The average Bonchev–Trinajstić information content (AvgIpc) is 2.27. The van der Waals surface area contributed by atoms with Gasteiger partial charge >= 0.3 is 0 Å². The van der Waals surface area contributed by atoms with Crippen molar-refractivity contribution >= 4 is 27.5 Å². The van der Waals surface area contributed by atoms with Gasteiger partial charge in [-0.25, -0.2) is 0 Å². The van der Waals surface area contributed by atoms with Crippen LogP contribution in [0.25, 0.3) is 0 Å². The molecule has 4 heteroatoms. The van der Waals surface area contributed by atoms with Crippen molar-refractivity contribution in [2.45, 2.75) is 19.1 Å². The standard InChI is InChI=1S/C12H16BrClO2/c1-9(8-15-2)16-12(7-13)10-5-3-4-6-11(10)14/h3-6,9,12H,7-8H2,1-2H3. The fourth-order valence-electron chi connectivity index (χ4n) is 1.48. The van der Waals surface area contributed by atoms with Gasteiger partial charge in [-0.2, -0.15) is 0 Å². The predicted molar refractivity (Wildman–Crippen MR) is 70.4 cm³/mol. The Morgan fingerprint density at radius 1 is 1.38 bits per heavy atom. The van der Waals surface area contributed by atoms with Crippen LogP contribution in [0.1, 0.15) is 18.6 Å². The molecule has 1 rings (SSSR count). The highest BCUT2D eigenvalue weighted by molar-refractivity contribution is 9.09. The van der Waals surface area contributed by atoms with E-state index >= 15 is 0 Å². The zero-order chi connectivity index (χ0) is 12.0. The lowest BCUT2D eigenvalue weighted by Gasteiger charge is -2.21. The minimum Gasteiger partial charge on any atom is -0.382 e. The van der Waals surface area contributed by atoms with Crippen LogP contribution in [0.3, 0.4) is 0 Å². The number of methoxy groups -OCH3 is 1. The van der Waals surface area contributed by atoms with Crippen LogP contribution >= 0.6 is 27.5 Å². The van der Waals surface area contributed by atoms with Crippen LogP contribution in [0, 0.1) is 0 Å². The summed E-state index contributed by atoms with van der Waals surface area (Å²) in [6.45, 7) is 2.56. The smallest absolute Gasteiger partial charge is 0.0940 e. The molecular weight excluding hydrogens is 291 g/mol. The van der Waals surface area contributed by atoms with Gasteiger partial charge in [-0.05, 0) is 13.0 Å². The molecule has 1 aromatic carbocycles. The summed E-state index contributed by atoms with van der Waals surface area (Å²) in [4.78, 5) is 0. The highest BCUT2D eigenvalue weighted by Crippen LogP contribution is 2.27. The first-order valence-electron chi connectivity index (χ1n) is 5.13. The molecule has 2 unspecified atom stereocenters. The molecule has 0 aliphatic heterocycles. The molecule has 0 fully saturated rings. The molecule has 2 atom stereocenters. The van der Waals surface area contributed by atoms with Gasteiger partial charge in [0.05, 0.1) is 18.8 Å². The zero-order valence-corrected chi connectivity index (χ0v) is 11.8. The summed E-state index contributed by atoms with van der Waals surface area (Å²) >= 11 is 9.57. The summed E-state index contributed by atoms with van der Waals surface area (Å²) in [6.07, 6.45) is 0.00247. The molecule has 0 aliphatic carbocycles. The van der Waals surface area contributed by atoms with Crippen molar-refractivity contribution in [3.8, 4) is 0 Å². The third kappa shape index (κ3) is 4.06. The summed E-state index contributed by atoms with van der Waals surface area (Å²) in [5.74, 6) is 0. The fraction of sp³-hybridized carbons (Fsp3) is 0.500. The van der Waals surface area contributed by atoms with Gasteiger partial charge in [0.2, 0.25) is 0 Å². The second-order valence-corrected chi connectivity index (χ2v) is 4.62. The Labute approximate surface area is 110 Å². The zero-order valence-electron chi connectivity index (χ0n) is 9.45. The lowest BCUT2D eigenvalue weighted by Crippen LogP contribution is -2.19. The molecular formula is C12H16BrClO2. The molecule has 0 spiro atoms. The van der Waals surface area contributed by atoms with Crippen LogP contribution in [-0.4, -0.2) is 25.2 Å². The number of ether oxygens (including phenoxy) is 2. The Morgan fingerprint density at radius 3 is 2.62 bits per heavy atom. The minimum absolute atomic E-state index is 0.0427. The number of rotatable bonds is 6. The van der Waals surface area contributed by atoms with Crippen LogP contribution < -0.4 is 0 Å². The van der Waals surface area contributed by atoms with Crippen molar-refractivity contribution < 1.29 is 9.47 Å². The van der Waals surface area contributed by atoms with Crippen molar-refractivity contribution in [3.05, 3.63) is 34.9 Å². The largest absolute Gasteiger partial charge is 0.382 e. The van der Waals surface area contributed by atoms with Crippen LogP contribution in [0.5, 0.6) is 0 Å². The van der Waals surface area contributed by atoms with Crippen molar-refractivity contribution in [1.82, 2.24) is 0 Å². The lowest BCUT2D eigenvalue weighted by molar-refractivity contribution is -0.0297. The van der Waals surface area contributed by atoms with E-state index in [2.05, 4.69) is 15.9 Å². The maximum atomic E-state index is 6.13. The molecule has 0 bridgehead atoms. The van der Waals surface area contributed by atoms with Crippen molar-refractivity contribution in [2.75, 3.05) is 19.0 Å². The van der Waals surface area contributed by atoms with Gasteiger partial charge in [0.1, 0.15) is 0 Å². The molecule has 0 radical (unpaired) electrons. The lowest BCUT2D eigenvalue weighted by atomic mass is 10.1. The van der Waals surface area contributed by atoms with Gasteiger partial charge < -0.3 is 9.47 Å². The molecule has 0 saturated carbocycles. The Balaban J connectivity index is 2.71. The topological polar surface area (TPSA) is 18.5 Å². The summed E-state index contributed by atoms with van der Waals surface area (Å²) in [6, 6.07) is 7.72. The fourth-order valence-corrected chi connectivity index (χ4v) is 2.24. The first-order chi connectivity index (χ1) is 7.69. The predicted octanol–water partition coefficient (Wildman–Crippen LogP) is 3.83. The second-order valence-electron chi connectivity index (χ2n) is 3.57. The van der Waals surface area contributed by atoms with E-state index in [1.807, 2.05) is 31.2 Å². The SMILES string of the molecule is COCC(C)OC(CBr)c1ccccc1Cl. The number of alkyl halides is 1. The maximum Gasteiger partial charge on any atom is 0.0940 e. The van der Waals surface area contributed by atoms with E-state index in [0.717, 1.165) is 10.6 Å². The number of halogens is 2. The van der Waals surface area contributed by atoms with Crippen LogP contribution in [0.4, 0.5) is 0 Å². The van der Waals surface area contributed by atoms with Gasteiger partial charge in [0.15, 0.2) is 0 Å². The van der Waals surface area contributed by atoms with E-state index in [4.69, 9.17) is 21.1 Å². The molecule has 0 heterocycles. The highest BCUT2D eigenvalue weighted by atomic mass is 79.9. The molecule has 2 nitrogen and oxygen atoms in total. The Hall–Kier alpha value is -0.0900. The summed E-state index contributed by atoms with van der Waals surface area (Å²) < 4.78 is 10.9. The molecule has 90 valence electrons. The van der Waals surface area contributed by atoms with Crippen LogP contribution in [0.2, 0.25) is 5.02 Å². The number of hydrogen-bond acceptors (Lipinski definition) is 2. The second kappa shape index (κ2) is 7.28. The van der Waals surface area contributed by atoms with E-state index in [0.29, 0.717) is 11.9 Å². The summed E-state index contributed by atoms with van der Waals surface area (Å²) in [5, 5.41) is 1.45. The molecule has 0 saturated heterocycles. The monoisotopic (exact) mass is 306 g/mol. The van der Waals surface area contributed by atoms with E-state index in [-0.39, 0.29) is 12.2 Å². The molecule has 1 aromatic rings. The van der Waals surface area contributed by atoms with Gasteiger partial charge in [-0.15, -0.1) is 0 Å². The third-order valence-electron chi connectivity index (χ3n) is 2.19. The maximum absolute atomic E-state index is 6.13. The molecule has 0 N–H and O–H groups in total. The normalized spacial score (nSPS) is 14.8. The molecule has 0 amide bonds. The van der Waals surface area contributed by atoms with Crippen molar-refractivity contribution in [2.24, 2.45) is 0 Å². The molecule has 0 aromatic heterocycles. The molecule has 0 aliphatic rings. The van der Waals surface area contributed by atoms with Gasteiger partial charge in [0.25, 0.3) is 0 Å². The van der Waals surface area contributed by atoms with E-state index in [9.17, 15) is 0 Å². The van der Waals surface area contributed by atoms with Gasteiger partial charge in [0, 0.05) is 23.0 Å².